The van der Waals surface area contributed by atoms with Gasteiger partial charge in [-0.1, -0.05) is 24.3 Å². The van der Waals surface area contributed by atoms with Gasteiger partial charge in [0.05, 0.1) is 22.8 Å². The number of para-hydroxylation sites is 1. The van der Waals surface area contributed by atoms with E-state index in [9.17, 15) is 13.2 Å². The van der Waals surface area contributed by atoms with Gasteiger partial charge in [-0.2, -0.15) is 0 Å². The summed E-state index contributed by atoms with van der Waals surface area (Å²) in [5.74, 6) is -1.17. The third kappa shape index (κ3) is 3.88. The van der Waals surface area contributed by atoms with Crippen molar-refractivity contribution in [2.24, 2.45) is 0 Å². The van der Waals surface area contributed by atoms with Gasteiger partial charge >= 0.3 is 5.97 Å². The van der Waals surface area contributed by atoms with E-state index in [1.54, 1.807) is 31.2 Å². The van der Waals surface area contributed by atoms with E-state index in [-0.39, 0.29) is 17.1 Å². The maximum absolute atomic E-state index is 12.5. The van der Waals surface area contributed by atoms with Crippen LogP contribution in [0.5, 0.6) is 0 Å². The molecule has 6 nitrogen and oxygen atoms in total. The average Bonchev–Trinajstić information content (AvgIpc) is 2.49. The Bertz CT molecular complexity index is 830. The van der Waals surface area contributed by atoms with E-state index in [4.69, 9.17) is 9.84 Å². The molecule has 2 aromatic rings. The maximum Gasteiger partial charge on any atom is 0.335 e. The molecule has 0 aromatic heterocycles. The highest BCUT2D eigenvalue weighted by molar-refractivity contribution is 7.92. The molecule has 0 radical (unpaired) electrons. The zero-order valence-electron chi connectivity index (χ0n) is 12.7. The predicted octanol–water partition coefficient (Wildman–Crippen LogP) is 2.64. The summed E-state index contributed by atoms with van der Waals surface area (Å²) in [6, 6.07) is 10.9. The Morgan fingerprint density at radius 1 is 1.22 bits per heavy atom. The van der Waals surface area contributed by atoms with Crippen molar-refractivity contribution in [2.75, 3.05) is 11.8 Å². The van der Waals surface area contributed by atoms with E-state index >= 15 is 0 Å². The van der Waals surface area contributed by atoms with Gasteiger partial charge in [0.25, 0.3) is 10.0 Å². The van der Waals surface area contributed by atoms with Gasteiger partial charge in [-0.15, -0.1) is 0 Å². The molecule has 0 heterocycles. The molecule has 0 fully saturated rings. The van der Waals surface area contributed by atoms with Gasteiger partial charge in [-0.3, -0.25) is 4.72 Å². The summed E-state index contributed by atoms with van der Waals surface area (Å²) < 4.78 is 32.5. The molecular formula is C16H17NO5S. The number of anilines is 1. The Balaban J connectivity index is 2.40. The van der Waals surface area contributed by atoms with Crippen molar-refractivity contribution in [3.8, 4) is 0 Å². The lowest BCUT2D eigenvalue weighted by Crippen LogP contribution is -2.15. The summed E-state index contributed by atoms with van der Waals surface area (Å²) in [5, 5.41) is 9.13. The summed E-state index contributed by atoms with van der Waals surface area (Å²) >= 11 is 0. The number of ether oxygens (including phenoxy) is 1. The first-order valence-electron chi connectivity index (χ1n) is 6.79. The number of aromatic carboxylic acids is 1. The smallest absolute Gasteiger partial charge is 0.335 e. The molecule has 0 saturated heterocycles. The summed E-state index contributed by atoms with van der Waals surface area (Å²) in [5.41, 5.74) is 1.53. The standard InChI is InChI=1S/C16H17NO5S/c1-11-7-8-13(9-14(11)16(18)19)23(20,21)17-15-6-4-3-5-12(15)10-22-2/h3-9,17H,10H2,1-2H3,(H,18,19). The van der Waals surface area contributed by atoms with E-state index < -0.39 is 16.0 Å². The van der Waals surface area contributed by atoms with Crippen molar-refractivity contribution >= 4 is 21.7 Å². The van der Waals surface area contributed by atoms with Crippen molar-refractivity contribution in [1.82, 2.24) is 0 Å². The minimum atomic E-state index is -3.90. The fourth-order valence-corrected chi connectivity index (χ4v) is 3.23. The molecular weight excluding hydrogens is 318 g/mol. The number of rotatable bonds is 6. The third-order valence-electron chi connectivity index (χ3n) is 3.31. The van der Waals surface area contributed by atoms with Gasteiger partial charge in [0.2, 0.25) is 0 Å². The minimum absolute atomic E-state index is 0.0435. The zero-order chi connectivity index (χ0) is 17.0. The van der Waals surface area contributed by atoms with Gasteiger partial charge in [0, 0.05) is 12.7 Å². The van der Waals surface area contributed by atoms with Crippen LogP contribution in [0.2, 0.25) is 0 Å². The predicted molar refractivity (Wildman–Crippen MR) is 86.1 cm³/mol. The first-order valence-corrected chi connectivity index (χ1v) is 8.27. The molecule has 0 unspecified atom stereocenters. The molecule has 7 heteroatoms. The Kier molecular flexibility index (Phi) is 5.02. The van der Waals surface area contributed by atoms with Crippen molar-refractivity contribution < 1.29 is 23.1 Å². The highest BCUT2D eigenvalue weighted by Gasteiger charge is 2.19. The molecule has 0 spiro atoms. The SMILES string of the molecule is COCc1ccccc1NS(=O)(=O)c1ccc(C)c(C(=O)O)c1. The second kappa shape index (κ2) is 6.80. The number of hydrogen-bond donors (Lipinski definition) is 2. The van der Waals surface area contributed by atoms with E-state index in [0.717, 1.165) is 6.07 Å². The number of carboxylic acids is 1. The molecule has 0 saturated carbocycles. The largest absolute Gasteiger partial charge is 0.478 e. The molecule has 0 bridgehead atoms. The zero-order valence-corrected chi connectivity index (χ0v) is 13.6. The number of benzene rings is 2. The van der Waals surface area contributed by atoms with Crippen LogP contribution in [0.3, 0.4) is 0 Å². The molecule has 0 atom stereocenters. The van der Waals surface area contributed by atoms with Crippen LogP contribution >= 0.6 is 0 Å². The number of carbonyl (C=O) groups is 1. The van der Waals surface area contributed by atoms with E-state index in [1.165, 1.54) is 19.2 Å². The second-order valence-electron chi connectivity index (χ2n) is 4.98. The number of hydrogen-bond acceptors (Lipinski definition) is 4. The lowest BCUT2D eigenvalue weighted by atomic mass is 10.1. The van der Waals surface area contributed by atoms with Crippen LogP contribution in [0.1, 0.15) is 21.5 Å². The van der Waals surface area contributed by atoms with Crippen LogP contribution in [0, 0.1) is 6.92 Å². The van der Waals surface area contributed by atoms with Gasteiger partial charge in [-0.05, 0) is 30.7 Å². The summed E-state index contributed by atoms with van der Waals surface area (Å²) in [7, 11) is -2.38. The topological polar surface area (TPSA) is 92.7 Å². The Morgan fingerprint density at radius 2 is 1.91 bits per heavy atom. The Hall–Kier alpha value is -2.38. The van der Waals surface area contributed by atoms with Gasteiger partial charge < -0.3 is 9.84 Å². The van der Waals surface area contributed by atoms with Crippen molar-refractivity contribution in [3.63, 3.8) is 0 Å². The second-order valence-corrected chi connectivity index (χ2v) is 6.66. The van der Waals surface area contributed by atoms with Crippen LogP contribution in [0.15, 0.2) is 47.4 Å². The first kappa shape index (κ1) is 17.0. The van der Waals surface area contributed by atoms with E-state index in [0.29, 0.717) is 16.8 Å². The highest BCUT2D eigenvalue weighted by atomic mass is 32.2. The van der Waals surface area contributed by atoms with Crippen LogP contribution < -0.4 is 4.72 Å². The van der Waals surface area contributed by atoms with Crippen LogP contribution in [-0.2, 0) is 21.4 Å². The van der Waals surface area contributed by atoms with E-state index in [1.807, 2.05) is 0 Å². The number of aryl methyl sites for hydroxylation is 1. The third-order valence-corrected chi connectivity index (χ3v) is 4.67. The van der Waals surface area contributed by atoms with Crippen LogP contribution in [-0.4, -0.2) is 26.6 Å². The molecule has 0 aliphatic heterocycles. The average molecular weight is 335 g/mol. The summed E-state index contributed by atoms with van der Waals surface area (Å²) in [6.07, 6.45) is 0. The molecule has 0 amide bonds. The summed E-state index contributed by atoms with van der Waals surface area (Å²) in [6.45, 7) is 1.87. The van der Waals surface area contributed by atoms with Crippen LogP contribution in [0.4, 0.5) is 5.69 Å². The molecule has 0 aliphatic rings. The van der Waals surface area contributed by atoms with Crippen molar-refractivity contribution in [2.45, 2.75) is 18.4 Å². The van der Waals surface area contributed by atoms with Crippen molar-refractivity contribution in [1.29, 1.82) is 0 Å². The van der Waals surface area contributed by atoms with Gasteiger partial charge in [-0.25, -0.2) is 13.2 Å². The van der Waals surface area contributed by atoms with Gasteiger partial charge in [0.1, 0.15) is 0 Å². The number of nitrogens with one attached hydrogen (secondary N) is 1. The number of carboxylic acid groups (broad SMARTS) is 1. The molecule has 2 aromatic carbocycles. The first-order chi connectivity index (χ1) is 10.8. The van der Waals surface area contributed by atoms with Crippen LogP contribution in [0.25, 0.3) is 0 Å². The summed E-state index contributed by atoms with van der Waals surface area (Å²) in [4.78, 5) is 11.1. The molecule has 0 aliphatic carbocycles. The molecule has 2 N–H and O–H groups in total. The van der Waals surface area contributed by atoms with E-state index in [2.05, 4.69) is 4.72 Å². The fourth-order valence-electron chi connectivity index (χ4n) is 2.10. The quantitative estimate of drug-likeness (QED) is 0.846. The lowest BCUT2D eigenvalue weighted by molar-refractivity contribution is 0.0696. The monoisotopic (exact) mass is 335 g/mol. The van der Waals surface area contributed by atoms with Crippen molar-refractivity contribution in [3.05, 3.63) is 59.2 Å². The fraction of sp³-hybridized carbons (Fsp3) is 0.188. The normalized spacial score (nSPS) is 11.2. The lowest BCUT2D eigenvalue weighted by Gasteiger charge is -2.13. The Morgan fingerprint density at radius 3 is 2.57 bits per heavy atom. The highest BCUT2D eigenvalue weighted by Crippen LogP contribution is 2.22. The molecule has 23 heavy (non-hydrogen) atoms. The number of sulfonamides is 1. The Labute approximate surface area is 134 Å². The maximum atomic E-state index is 12.5. The molecule has 122 valence electrons. The minimum Gasteiger partial charge on any atom is -0.478 e. The number of methoxy groups -OCH3 is 1. The molecule has 2 rings (SSSR count). The van der Waals surface area contributed by atoms with Gasteiger partial charge in [0.15, 0.2) is 0 Å².